The van der Waals surface area contributed by atoms with Crippen molar-refractivity contribution in [3.8, 4) is 22.3 Å². The molecule has 1 aliphatic rings. The minimum Gasteiger partial charge on any atom is -0.376 e. The summed E-state index contributed by atoms with van der Waals surface area (Å²) < 4.78 is 0.905. The topological polar surface area (TPSA) is 20.2 Å². The Morgan fingerprint density at radius 2 is 1.19 bits per heavy atom. The lowest BCUT2D eigenvalue weighted by Crippen LogP contribution is -2.26. The van der Waals surface area contributed by atoms with E-state index in [0.29, 0.717) is 0 Å². The van der Waals surface area contributed by atoms with E-state index in [1.54, 1.807) is 0 Å². The quantitative estimate of drug-likeness (QED) is 0.404. The van der Waals surface area contributed by atoms with E-state index in [9.17, 15) is 5.11 Å². The molecule has 0 radical (unpaired) electrons. The molecule has 0 fully saturated rings. The summed E-state index contributed by atoms with van der Waals surface area (Å²) in [5, 5.41) is 12.0. The monoisotopic (exact) mass is 412 g/mol. The van der Waals surface area contributed by atoms with Gasteiger partial charge in [0, 0.05) is 21.2 Å². The van der Waals surface area contributed by atoms with Crippen molar-refractivity contribution in [3.63, 3.8) is 0 Å². The van der Waals surface area contributed by atoms with E-state index in [-0.39, 0.29) is 0 Å². The predicted octanol–water partition coefficient (Wildman–Crippen LogP) is 6.38. The van der Waals surface area contributed by atoms with Gasteiger partial charge in [-0.2, -0.15) is 0 Å². The van der Waals surface area contributed by atoms with Gasteiger partial charge in [0.2, 0.25) is 0 Å². The molecule has 1 unspecified atom stereocenters. The van der Waals surface area contributed by atoms with E-state index < -0.39 is 5.60 Å². The number of rotatable bonds is 2. The predicted molar refractivity (Wildman–Crippen MR) is 114 cm³/mol. The van der Waals surface area contributed by atoms with Crippen LogP contribution in [0.15, 0.2) is 102 Å². The van der Waals surface area contributed by atoms with E-state index in [1.807, 2.05) is 60.7 Å². The first kappa shape index (κ1) is 16.5. The zero-order valence-corrected chi connectivity index (χ0v) is 16.1. The average Bonchev–Trinajstić information content (AvgIpc) is 2.98. The van der Waals surface area contributed by atoms with Gasteiger partial charge in [-0.15, -0.1) is 0 Å². The summed E-state index contributed by atoms with van der Waals surface area (Å²) in [5.74, 6) is 0. The van der Waals surface area contributed by atoms with Gasteiger partial charge < -0.3 is 5.11 Å². The Morgan fingerprint density at radius 3 is 1.96 bits per heavy atom. The fourth-order valence-electron chi connectivity index (χ4n) is 4.12. The summed E-state index contributed by atoms with van der Waals surface area (Å²) in [6.45, 7) is 0. The first-order valence-electron chi connectivity index (χ1n) is 8.97. The van der Waals surface area contributed by atoms with Crippen molar-refractivity contribution < 1.29 is 5.11 Å². The standard InChI is InChI=1S/C25H17BrO/c26-24-13-7-6-12-23(24)25(27)21-11-5-4-10-19(21)20-16-18(14-15-22(20)25)17-8-2-1-3-9-17/h1-16,27H. The van der Waals surface area contributed by atoms with Gasteiger partial charge in [-0.25, -0.2) is 0 Å². The highest BCUT2D eigenvalue weighted by Crippen LogP contribution is 2.52. The minimum atomic E-state index is -1.17. The highest BCUT2D eigenvalue weighted by molar-refractivity contribution is 9.10. The molecule has 5 rings (SSSR count). The van der Waals surface area contributed by atoms with Gasteiger partial charge in [0.25, 0.3) is 0 Å². The minimum absolute atomic E-state index is 0.865. The normalized spacial score (nSPS) is 17.4. The largest absolute Gasteiger partial charge is 0.376 e. The van der Waals surface area contributed by atoms with Crippen molar-refractivity contribution in [2.45, 2.75) is 5.60 Å². The lowest BCUT2D eigenvalue weighted by atomic mass is 9.84. The SMILES string of the molecule is OC1(c2ccccc2Br)c2ccccc2-c2cc(-c3ccccc3)ccc21. The van der Waals surface area contributed by atoms with Crippen molar-refractivity contribution in [2.75, 3.05) is 0 Å². The molecule has 0 amide bonds. The van der Waals surface area contributed by atoms with E-state index in [1.165, 1.54) is 5.56 Å². The number of hydrogen-bond acceptors (Lipinski definition) is 1. The molecule has 27 heavy (non-hydrogen) atoms. The van der Waals surface area contributed by atoms with Crippen LogP contribution in [0.1, 0.15) is 16.7 Å². The molecular weight excluding hydrogens is 396 g/mol. The Balaban J connectivity index is 1.80. The maximum Gasteiger partial charge on any atom is 0.142 e. The van der Waals surface area contributed by atoms with Gasteiger partial charge in [-0.05, 0) is 34.4 Å². The van der Waals surface area contributed by atoms with E-state index >= 15 is 0 Å². The maximum atomic E-state index is 12.0. The van der Waals surface area contributed by atoms with Crippen LogP contribution in [-0.4, -0.2) is 5.11 Å². The Bertz CT molecular complexity index is 1150. The molecule has 1 N–H and O–H groups in total. The van der Waals surface area contributed by atoms with Crippen LogP contribution in [0, 0.1) is 0 Å². The first-order valence-corrected chi connectivity index (χ1v) is 9.76. The number of hydrogen-bond donors (Lipinski definition) is 1. The zero-order valence-electron chi connectivity index (χ0n) is 14.6. The van der Waals surface area contributed by atoms with Gasteiger partial charge in [0.15, 0.2) is 0 Å². The third kappa shape index (κ3) is 2.41. The molecule has 1 aliphatic carbocycles. The Labute approximate surface area is 167 Å². The third-order valence-corrected chi connectivity index (χ3v) is 6.08. The lowest BCUT2D eigenvalue weighted by molar-refractivity contribution is 0.130. The second-order valence-electron chi connectivity index (χ2n) is 6.86. The molecule has 1 atom stereocenters. The Kier molecular flexibility index (Phi) is 3.78. The Morgan fingerprint density at radius 1 is 0.556 bits per heavy atom. The smallest absolute Gasteiger partial charge is 0.142 e. The van der Waals surface area contributed by atoms with Crippen molar-refractivity contribution in [3.05, 3.63) is 118 Å². The molecule has 0 bridgehead atoms. The molecule has 4 aromatic rings. The second kappa shape index (κ2) is 6.19. The molecule has 0 heterocycles. The molecule has 4 aromatic carbocycles. The number of halogens is 1. The van der Waals surface area contributed by atoms with Gasteiger partial charge in [0.1, 0.15) is 5.60 Å². The van der Waals surface area contributed by atoms with Crippen LogP contribution in [0.2, 0.25) is 0 Å². The highest BCUT2D eigenvalue weighted by atomic mass is 79.9. The van der Waals surface area contributed by atoms with Crippen LogP contribution in [0.4, 0.5) is 0 Å². The molecule has 0 saturated heterocycles. The van der Waals surface area contributed by atoms with E-state index in [0.717, 1.165) is 37.9 Å². The van der Waals surface area contributed by atoms with Crippen LogP contribution in [0.5, 0.6) is 0 Å². The summed E-state index contributed by atoms with van der Waals surface area (Å²) in [5.41, 5.74) is 6.06. The Hall–Kier alpha value is -2.68. The van der Waals surface area contributed by atoms with Crippen molar-refractivity contribution in [1.29, 1.82) is 0 Å². The van der Waals surface area contributed by atoms with Gasteiger partial charge in [-0.3, -0.25) is 0 Å². The van der Waals surface area contributed by atoms with Gasteiger partial charge in [-0.1, -0.05) is 101 Å². The summed E-state index contributed by atoms with van der Waals surface area (Å²) in [7, 11) is 0. The van der Waals surface area contributed by atoms with Crippen LogP contribution in [0.3, 0.4) is 0 Å². The number of aliphatic hydroxyl groups is 1. The van der Waals surface area contributed by atoms with E-state index in [4.69, 9.17) is 0 Å². The van der Waals surface area contributed by atoms with Gasteiger partial charge in [0.05, 0.1) is 0 Å². The third-order valence-electron chi connectivity index (χ3n) is 5.39. The maximum absolute atomic E-state index is 12.0. The average molecular weight is 413 g/mol. The molecule has 1 nitrogen and oxygen atoms in total. The summed E-state index contributed by atoms with van der Waals surface area (Å²) in [4.78, 5) is 0. The summed E-state index contributed by atoms with van der Waals surface area (Å²) in [6.07, 6.45) is 0. The van der Waals surface area contributed by atoms with Crippen LogP contribution >= 0.6 is 15.9 Å². The fraction of sp³-hybridized carbons (Fsp3) is 0.0400. The van der Waals surface area contributed by atoms with Crippen LogP contribution in [-0.2, 0) is 5.60 Å². The fourth-order valence-corrected chi connectivity index (χ4v) is 4.69. The van der Waals surface area contributed by atoms with Crippen LogP contribution in [0.25, 0.3) is 22.3 Å². The molecule has 0 aromatic heterocycles. The van der Waals surface area contributed by atoms with Crippen LogP contribution < -0.4 is 0 Å². The number of benzene rings is 4. The summed E-state index contributed by atoms with van der Waals surface area (Å²) >= 11 is 3.64. The molecular formula is C25H17BrO. The zero-order chi connectivity index (χ0) is 18.4. The molecule has 0 aliphatic heterocycles. The molecule has 2 heteroatoms. The summed E-state index contributed by atoms with van der Waals surface area (Å²) in [6, 6.07) is 32.8. The lowest BCUT2D eigenvalue weighted by Gasteiger charge is -2.27. The van der Waals surface area contributed by atoms with Crippen molar-refractivity contribution in [1.82, 2.24) is 0 Å². The van der Waals surface area contributed by atoms with Gasteiger partial charge >= 0.3 is 0 Å². The molecule has 0 saturated carbocycles. The highest BCUT2D eigenvalue weighted by Gasteiger charge is 2.44. The van der Waals surface area contributed by atoms with Crippen molar-refractivity contribution >= 4 is 15.9 Å². The first-order chi connectivity index (χ1) is 13.2. The van der Waals surface area contributed by atoms with E-state index in [2.05, 4.69) is 52.3 Å². The van der Waals surface area contributed by atoms with Crippen molar-refractivity contribution in [2.24, 2.45) is 0 Å². The molecule has 130 valence electrons. The number of fused-ring (bicyclic) bond motifs is 3. The second-order valence-corrected chi connectivity index (χ2v) is 7.72. The molecule has 0 spiro atoms.